The zero-order valence-electron chi connectivity index (χ0n) is 10.7. The summed E-state index contributed by atoms with van der Waals surface area (Å²) in [7, 11) is 0. The number of aromatic nitrogens is 1. The Kier molecular flexibility index (Phi) is 4.49. The minimum atomic E-state index is -1.07. The molecule has 0 saturated carbocycles. The van der Waals surface area contributed by atoms with Gasteiger partial charge in [-0.3, -0.25) is 4.79 Å². The molecule has 1 amide bonds. The van der Waals surface area contributed by atoms with Crippen molar-refractivity contribution in [3.63, 3.8) is 0 Å². The Balaban J connectivity index is 1.94. The van der Waals surface area contributed by atoms with Crippen molar-refractivity contribution in [2.45, 2.75) is 18.9 Å². The summed E-state index contributed by atoms with van der Waals surface area (Å²) in [5, 5.41) is 15.0. The van der Waals surface area contributed by atoms with Crippen molar-refractivity contribution >= 4 is 11.9 Å². The third kappa shape index (κ3) is 3.68. The van der Waals surface area contributed by atoms with Crippen LogP contribution in [0.5, 0.6) is 0 Å². The van der Waals surface area contributed by atoms with Gasteiger partial charge in [0.25, 0.3) is 5.91 Å². The summed E-state index contributed by atoms with van der Waals surface area (Å²) < 4.78 is 4.55. The average molecular weight is 274 g/mol. The fourth-order valence-electron chi connectivity index (χ4n) is 1.77. The first-order valence-corrected chi connectivity index (χ1v) is 6.15. The van der Waals surface area contributed by atoms with E-state index in [1.165, 1.54) is 12.3 Å². The van der Waals surface area contributed by atoms with E-state index in [2.05, 4.69) is 15.0 Å². The zero-order valence-corrected chi connectivity index (χ0v) is 10.7. The lowest BCUT2D eigenvalue weighted by molar-refractivity contribution is -0.139. The van der Waals surface area contributed by atoms with Gasteiger partial charge < -0.3 is 14.9 Å². The molecule has 2 aromatic rings. The number of nitrogens with zero attached hydrogens (tertiary/aromatic N) is 1. The highest BCUT2D eigenvalue weighted by molar-refractivity contribution is 5.94. The van der Waals surface area contributed by atoms with E-state index < -0.39 is 17.9 Å². The first-order chi connectivity index (χ1) is 9.66. The summed E-state index contributed by atoms with van der Waals surface area (Å²) >= 11 is 0. The number of aryl methyl sites for hydroxylation is 1. The summed E-state index contributed by atoms with van der Waals surface area (Å²) in [5.74, 6) is -1.63. The molecule has 6 nitrogen and oxygen atoms in total. The van der Waals surface area contributed by atoms with Gasteiger partial charge in [0.05, 0.1) is 0 Å². The lowest BCUT2D eigenvalue weighted by atomic mass is 10.1. The van der Waals surface area contributed by atoms with Crippen molar-refractivity contribution in [2.24, 2.45) is 0 Å². The molecule has 0 bridgehead atoms. The third-order valence-electron chi connectivity index (χ3n) is 2.84. The summed E-state index contributed by atoms with van der Waals surface area (Å²) in [6.07, 6.45) is 2.13. The van der Waals surface area contributed by atoms with E-state index in [4.69, 9.17) is 5.11 Å². The summed E-state index contributed by atoms with van der Waals surface area (Å²) in [5.41, 5.74) is 1.09. The third-order valence-corrected chi connectivity index (χ3v) is 2.84. The van der Waals surface area contributed by atoms with Crippen LogP contribution in [-0.2, 0) is 11.2 Å². The Bertz CT molecular complexity index is 566. The molecule has 1 heterocycles. The van der Waals surface area contributed by atoms with E-state index in [0.29, 0.717) is 12.8 Å². The second kappa shape index (κ2) is 6.51. The van der Waals surface area contributed by atoms with Crippen molar-refractivity contribution in [3.8, 4) is 0 Å². The number of carbonyl (C=O) groups is 2. The number of benzene rings is 1. The van der Waals surface area contributed by atoms with Crippen LogP contribution in [0.3, 0.4) is 0 Å². The second-order valence-electron chi connectivity index (χ2n) is 4.27. The van der Waals surface area contributed by atoms with Gasteiger partial charge in [-0.25, -0.2) is 4.79 Å². The second-order valence-corrected chi connectivity index (χ2v) is 4.27. The van der Waals surface area contributed by atoms with Crippen LogP contribution in [0.15, 0.2) is 47.2 Å². The number of amides is 1. The van der Waals surface area contributed by atoms with Gasteiger partial charge in [0.2, 0.25) is 0 Å². The van der Waals surface area contributed by atoms with Gasteiger partial charge in [-0.05, 0) is 18.4 Å². The van der Waals surface area contributed by atoms with E-state index in [-0.39, 0.29) is 5.69 Å². The number of carbonyl (C=O) groups excluding carboxylic acids is 1. The highest BCUT2D eigenvalue weighted by atomic mass is 16.5. The highest BCUT2D eigenvalue weighted by Gasteiger charge is 2.21. The van der Waals surface area contributed by atoms with Crippen LogP contribution in [0, 0.1) is 0 Å². The Labute approximate surface area is 115 Å². The molecule has 0 aliphatic carbocycles. The zero-order chi connectivity index (χ0) is 14.4. The quantitative estimate of drug-likeness (QED) is 0.832. The molecule has 0 unspecified atom stereocenters. The monoisotopic (exact) mass is 274 g/mol. The van der Waals surface area contributed by atoms with Gasteiger partial charge in [0.15, 0.2) is 5.69 Å². The molecule has 0 aliphatic heterocycles. The van der Waals surface area contributed by atoms with Gasteiger partial charge in [-0.2, -0.15) is 0 Å². The minimum absolute atomic E-state index is 0.0657. The van der Waals surface area contributed by atoms with Crippen molar-refractivity contribution in [1.29, 1.82) is 0 Å². The number of rotatable bonds is 6. The maximum atomic E-state index is 11.7. The lowest BCUT2D eigenvalue weighted by Gasteiger charge is -2.13. The summed E-state index contributed by atoms with van der Waals surface area (Å²) in [6.45, 7) is 0. The van der Waals surface area contributed by atoms with E-state index in [0.717, 1.165) is 5.56 Å². The van der Waals surface area contributed by atoms with Crippen LogP contribution in [0.25, 0.3) is 0 Å². The normalized spacial score (nSPS) is 11.8. The fraction of sp³-hybridized carbons (Fsp3) is 0.214. The standard InChI is InChI=1S/C14H14N2O4/c17-13(11-8-9-20-16-11)15-12(14(18)19)7-6-10-4-2-1-3-5-10/h1-5,8-9,12H,6-7H2,(H,15,17)(H,18,19)/t12-/m0/s1. The molecule has 0 saturated heterocycles. The molecule has 1 atom stereocenters. The molecule has 20 heavy (non-hydrogen) atoms. The van der Waals surface area contributed by atoms with E-state index in [1.54, 1.807) is 0 Å². The predicted molar refractivity (Wildman–Crippen MR) is 70.2 cm³/mol. The van der Waals surface area contributed by atoms with Crippen molar-refractivity contribution in [2.75, 3.05) is 0 Å². The van der Waals surface area contributed by atoms with Crippen LogP contribution in [-0.4, -0.2) is 28.2 Å². The summed E-state index contributed by atoms with van der Waals surface area (Å²) in [6, 6.07) is 9.92. The highest BCUT2D eigenvalue weighted by Crippen LogP contribution is 2.06. The Morgan fingerprint density at radius 1 is 1.25 bits per heavy atom. The van der Waals surface area contributed by atoms with Crippen LogP contribution >= 0.6 is 0 Å². The fourth-order valence-corrected chi connectivity index (χ4v) is 1.77. The SMILES string of the molecule is O=C(N[C@@H](CCc1ccccc1)C(=O)O)c1ccon1. The molecule has 1 aromatic heterocycles. The number of carboxylic acids is 1. The molecule has 0 fully saturated rings. The average Bonchev–Trinajstić information content (AvgIpc) is 2.98. The van der Waals surface area contributed by atoms with Gasteiger partial charge in [-0.15, -0.1) is 0 Å². The Morgan fingerprint density at radius 2 is 2.00 bits per heavy atom. The number of hydrogen-bond donors (Lipinski definition) is 2. The number of nitrogens with one attached hydrogen (secondary N) is 1. The summed E-state index contributed by atoms with van der Waals surface area (Å²) in [4.78, 5) is 22.9. The first kappa shape index (κ1) is 13.8. The largest absolute Gasteiger partial charge is 0.480 e. The number of aliphatic carboxylic acids is 1. The smallest absolute Gasteiger partial charge is 0.326 e. The van der Waals surface area contributed by atoms with Crippen molar-refractivity contribution in [3.05, 3.63) is 53.9 Å². The minimum Gasteiger partial charge on any atom is -0.480 e. The molecule has 104 valence electrons. The molecule has 0 aliphatic rings. The van der Waals surface area contributed by atoms with Crippen LogP contribution in [0.2, 0.25) is 0 Å². The van der Waals surface area contributed by atoms with Crippen LogP contribution < -0.4 is 5.32 Å². The Hall–Kier alpha value is -2.63. The molecule has 2 N–H and O–H groups in total. The lowest BCUT2D eigenvalue weighted by Crippen LogP contribution is -2.41. The van der Waals surface area contributed by atoms with Crippen molar-refractivity contribution in [1.82, 2.24) is 10.5 Å². The van der Waals surface area contributed by atoms with E-state index >= 15 is 0 Å². The maximum Gasteiger partial charge on any atom is 0.326 e. The topological polar surface area (TPSA) is 92.4 Å². The van der Waals surface area contributed by atoms with Crippen LogP contribution in [0.1, 0.15) is 22.5 Å². The molecule has 2 rings (SSSR count). The van der Waals surface area contributed by atoms with E-state index in [1.807, 2.05) is 30.3 Å². The van der Waals surface area contributed by atoms with Crippen LogP contribution in [0.4, 0.5) is 0 Å². The number of carboxylic acid groups (broad SMARTS) is 1. The van der Waals surface area contributed by atoms with Gasteiger partial charge in [0.1, 0.15) is 12.3 Å². The van der Waals surface area contributed by atoms with Gasteiger partial charge >= 0.3 is 5.97 Å². The molecular weight excluding hydrogens is 260 g/mol. The van der Waals surface area contributed by atoms with Crippen molar-refractivity contribution < 1.29 is 19.2 Å². The van der Waals surface area contributed by atoms with Gasteiger partial charge in [0, 0.05) is 6.07 Å². The molecule has 6 heteroatoms. The molecule has 0 radical (unpaired) electrons. The van der Waals surface area contributed by atoms with Gasteiger partial charge in [-0.1, -0.05) is 35.5 Å². The van der Waals surface area contributed by atoms with E-state index in [9.17, 15) is 9.59 Å². The number of hydrogen-bond acceptors (Lipinski definition) is 4. The first-order valence-electron chi connectivity index (χ1n) is 6.15. The predicted octanol–water partition coefficient (Wildman–Crippen LogP) is 1.49. The molecular formula is C14H14N2O4. The molecule has 0 spiro atoms. The maximum absolute atomic E-state index is 11.7. The Morgan fingerprint density at radius 3 is 2.60 bits per heavy atom. The molecule has 1 aromatic carbocycles.